The molecule has 0 amide bonds. The largest absolute Gasteiger partial charge is 0.488 e. The van der Waals surface area contributed by atoms with E-state index < -0.39 is 0 Å². The predicted molar refractivity (Wildman–Crippen MR) is 81.1 cm³/mol. The summed E-state index contributed by atoms with van der Waals surface area (Å²) in [4.78, 5) is 12.3. The molecule has 1 unspecified atom stereocenters. The van der Waals surface area contributed by atoms with Crippen molar-refractivity contribution >= 4 is 34.4 Å². The van der Waals surface area contributed by atoms with Gasteiger partial charge in [0.05, 0.1) is 12.9 Å². The lowest BCUT2D eigenvalue weighted by Gasteiger charge is -2.16. The number of ether oxygens (including phenoxy) is 2. The second kappa shape index (κ2) is 5.39. The molecule has 4 rings (SSSR count). The Kier molecular flexibility index (Phi) is 3.37. The van der Waals surface area contributed by atoms with Crippen molar-refractivity contribution in [3.05, 3.63) is 46.6 Å². The molecule has 1 aliphatic rings. The van der Waals surface area contributed by atoms with Crippen LogP contribution in [0.25, 0.3) is 11.2 Å². The zero-order valence-electron chi connectivity index (χ0n) is 11.2. The van der Waals surface area contributed by atoms with E-state index in [-0.39, 0.29) is 16.7 Å². The van der Waals surface area contributed by atoms with E-state index in [1.54, 1.807) is 10.9 Å². The maximum Gasteiger partial charge on any atom is 0.225 e. The Morgan fingerprint density at radius 3 is 2.95 bits per heavy atom. The number of benzene rings is 1. The third kappa shape index (κ3) is 2.29. The minimum atomic E-state index is -0.376. The first kappa shape index (κ1) is 13.8. The molecule has 22 heavy (non-hydrogen) atoms. The van der Waals surface area contributed by atoms with E-state index in [0.29, 0.717) is 24.4 Å². The van der Waals surface area contributed by atoms with Gasteiger partial charge >= 0.3 is 0 Å². The number of hydrogen-bond acceptors (Lipinski definition) is 5. The van der Waals surface area contributed by atoms with Gasteiger partial charge in [-0.2, -0.15) is 4.98 Å². The zero-order chi connectivity index (χ0) is 15.1. The first-order chi connectivity index (χ1) is 10.7. The van der Waals surface area contributed by atoms with Gasteiger partial charge in [-0.25, -0.2) is 9.97 Å². The Hall–Kier alpha value is -1.89. The lowest BCUT2D eigenvalue weighted by atomic mass is 10.2. The topological polar surface area (TPSA) is 62.1 Å². The Morgan fingerprint density at radius 2 is 2.05 bits per heavy atom. The number of hydrogen-bond donors (Lipinski definition) is 0. The molecule has 0 spiro atoms. The fourth-order valence-corrected chi connectivity index (χ4v) is 2.81. The maximum atomic E-state index is 6.04. The average molecular weight is 337 g/mol. The number of imidazole rings is 1. The van der Waals surface area contributed by atoms with E-state index in [1.165, 1.54) is 0 Å². The fourth-order valence-electron chi connectivity index (χ4n) is 2.39. The molecule has 112 valence electrons. The molecule has 2 aromatic heterocycles. The Labute approximate surface area is 135 Å². The van der Waals surface area contributed by atoms with Crippen LogP contribution < -0.4 is 4.74 Å². The Bertz CT molecular complexity index is 825. The van der Waals surface area contributed by atoms with E-state index in [1.807, 2.05) is 24.3 Å². The molecule has 0 bridgehead atoms. The molecule has 6 nitrogen and oxygen atoms in total. The van der Waals surface area contributed by atoms with Crippen molar-refractivity contribution in [2.45, 2.75) is 12.8 Å². The second-order valence-corrected chi connectivity index (χ2v) is 5.49. The highest BCUT2D eigenvalue weighted by atomic mass is 35.5. The van der Waals surface area contributed by atoms with Crippen LogP contribution in [0.1, 0.15) is 11.8 Å². The Morgan fingerprint density at radius 1 is 1.18 bits per heavy atom. The number of rotatable bonds is 1. The molecular weight excluding hydrogens is 327 g/mol. The summed E-state index contributed by atoms with van der Waals surface area (Å²) in [5.41, 5.74) is 2.00. The van der Waals surface area contributed by atoms with Gasteiger partial charge in [0.25, 0.3) is 0 Å². The molecule has 0 aliphatic carbocycles. The summed E-state index contributed by atoms with van der Waals surface area (Å²) in [5, 5.41) is 0.281. The number of para-hydroxylation sites is 1. The molecule has 0 radical (unpaired) electrons. The highest BCUT2D eigenvalue weighted by Crippen LogP contribution is 2.29. The summed E-state index contributed by atoms with van der Waals surface area (Å²) in [6, 6.07) is 7.77. The summed E-state index contributed by atoms with van der Waals surface area (Å²) in [6.07, 6.45) is 1.23. The van der Waals surface area contributed by atoms with Crippen LogP contribution in [0, 0.1) is 0 Å². The number of fused-ring (bicyclic) bond motifs is 2. The molecule has 0 saturated carbocycles. The summed E-state index contributed by atoms with van der Waals surface area (Å²) in [5.74, 6) is 0.820. The van der Waals surface area contributed by atoms with Gasteiger partial charge in [0.15, 0.2) is 17.0 Å². The standard InChI is InChI=1S/C14H10Cl2N4O2/c15-12-11-13(19-14(16)18-12)20(7-17-11)10-6-21-9-4-2-1-3-8(9)5-22-10/h1-4,7,10H,5-6H2. The second-order valence-electron chi connectivity index (χ2n) is 4.79. The molecule has 3 heterocycles. The normalized spacial score (nSPS) is 17.8. The Balaban J connectivity index is 1.72. The van der Waals surface area contributed by atoms with E-state index in [4.69, 9.17) is 32.7 Å². The monoisotopic (exact) mass is 336 g/mol. The van der Waals surface area contributed by atoms with Crippen LogP contribution in [0.4, 0.5) is 0 Å². The van der Waals surface area contributed by atoms with Crippen molar-refractivity contribution in [3.8, 4) is 5.75 Å². The van der Waals surface area contributed by atoms with E-state index >= 15 is 0 Å². The molecule has 0 N–H and O–H groups in total. The highest BCUT2D eigenvalue weighted by Gasteiger charge is 2.22. The van der Waals surface area contributed by atoms with Gasteiger partial charge < -0.3 is 9.47 Å². The van der Waals surface area contributed by atoms with Crippen molar-refractivity contribution in [2.75, 3.05) is 6.61 Å². The third-order valence-corrected chi connectivity index (χ3v) is 3.88. The van der Waals surface area contributed by atoms with Crippen LogP contribution in [0.15, 0.2) is 30.6 Å². The molecule has 0 fully saturated rings. The van der Waals surface area contributed by atoms with Gasteiger partial charge in [0.1, 0.15) is 17.9 Å². The maximum absolute atomic E-state index is 6.04. The number of nitrogens with zero attached hydrogens (tertiary/aromatic N) is 4. The number of halogens is 2. The molecule has 3 aromatic rings. The first-order valence-electron chi connectivity index (χ1n) is 6.60. The molecule has 0 saturated heterocycles. The van der Waals surface area contributed by atoms with Gasteiger partial charge in [0.2, 0.25) is 5.28 Å². The molecule has 1 aromatic carbocycles. The van der Waals surface area contributed by atoms with Crippen LogP contribution in [0.3, 0.4) is 0 Å². The smallest absolute Gasteiger partial charge is 0.225 e. The van der Waals surface area contributed by atoms with Gasteiger partial charge in [-0.1, -0.05) is 29.8 Å². The third-order valence-electron chi connectivity index (χ3n) is 3.45. The average Bonchev–Trinajstić information content (AvgIpc) is 2.81. The van der Waals surface area contributed by atoms with Gasteiger partial charge in [-0.05, 0) is 17.7 Å². The minimum Gasteiger partial charge on any atom is -0.488 e. The van der Waals surface area contributed by atoms with E-state index in [0.717, 1.165) is 11.3 Å². The van der Waals surface area contributed by atoms with Gasteiger partial charge in [-0.3, -0.25) is 4.57 Å². The minimum absolute atomic E-state index is 0.0667. The van der Waals surface area contributed by atoms with Crippen molar-refractivity contribution < 1.29 is 9.47 Å². The summed E-state index contributed by atoms with van der Waals surface area (Å²) >= 11 is 11.9. The van der Waals surface area contributed by atoms with Gasteiger partial charge in [0, 0.05) is 5.56 Å². The fraction of sp³-hybridized carbons (Fsp3) is 0.214. The molecular formula is C14H10Cl2N4O2. The van der Waals surface area contributed by atoms with Crippen molar-refractivity contribution in [2.24, 2.45) is 0 Å². The molecule has 1 aliphatic heterocycles. The highest BCUT2D eigenvalue weighted by molar-refractivity contribution is 6.35. The van der Waals surface area contributed by atoms with E-state index in [9.17, 15) is 0 Å². The van der Waals surface area contributed by atoms with Crippen LogP contribution >= 0.6 is 23.2 Å². The molecule has 8 heteroatoms. The summed E-state index contributed by atoms with van der Waals surface area (Å²) in [6.45, 7) is 0.773. The van der Waals surface area contributed by atoms with Crippen LogP contribution in [0.2, 0.25) is 10.4 Å². The van der Waals surface area contributed by atoms with Crippen molar-refractivity contribution in [3.63, 3.8) is 0 Å². The lowest BCUT2D eigenvalue weighted by Crippen LogP contribution is -2.18. The summed E-state index contributed by atoms with van der Waals surface area (Å²) < 4.78 is 13.5. The molecule has 1 atom stereocenters. The SMILES string of the molecule is Clc1nc(Cl)c2ncn(C3COc4ccccc4CO3)c2n1. The summed E-state index contributed by atoms with van der Waals surface area (Å²) in [7, 11) is 0. The predicted octanol–water partition coefficient (Wildman–Crippen LogP) is 3.24. The first-order valence-corrected chi connectivity index (χ1v) is 7.36. The van der Waals surface area contributed by atoms with Gasteiger partial charge in [-0.15, -0.1) is 0 Å². The quantitative estimate of drug-likeness (QED) is 0.504. The van der Waals surface area contributed by atoms with Crippen LogP contribution in [-0.2, 0) is 11.3 Å². The van der Waals surface area contributed by atoms with Crippen LogP contribution in [-0.4, -0.2) is 26.1 Å². The lowest BCUT2D eigenvalue weighted by molar-refractivity contribution is -0.0236. The van der Waals surface area contributed by atoms with E-state index in [2.05, 4.69) is 15.0 Å². The van der Waals surface area contributed by atoms with Crippen molar-refractivity contribution in [1.29, 1.82) is 0 Å². The number of aromatic nitrogens is 4. The van der Waals surface area contributed by atoms with Crippen LogP contribution in [0.5, 0.6) is 5.75 Å². The zero-order valence-corrected chi connectivity index (χ0v) is 12.8. The van der Waals surface area contributed by atoms with Crippen molar-refractivity contribution in [1.82, 2.24) is 19.5 Å².